The number of para-hydroxylation sites is 1. The van der Waals surface area contributed by atoms with Crippen molar-refractivity contribution in [1.29, 1.82) is 5.26 Å². The molecule has 1 spiro atoms. The zero-order valence-corrected chi connectivity index (χ0v) is 27.1. The molecule has 3 aromatic rings. The number of benzene rings is 2. The normalized spacial score (nSPS) is 21.5. The second kappa shape index (κ2) is 12.0. The van der Waals surface area contributed by atoms with Crippen LogP contribution >= 0.6 is 0 Å². The number of fused-ring (bicyclic) bond motifs is 3. The Labute approximate surface area is 275 Å². The van der Waals surface area contributed by atoms with Gasteiger partial charge in [-0.2, -0.15) is 5.26 Å². The van der Waals surface area contributed by atoms with Crippen LogP contribution in [-0.2, 0) is 19.8 Å². The van der Waals surface area contributed by atoms with Crippen molar-refractivity contribution in [2.75, 3.05) is 18.9 Å². The van der Waals surface area contributed by atoms with Crippen molar-refractivity contribution in [3.05, 3.63) is 65.1 Å². The number of halogens is 3. The topological polar surface area (TPSA) is 138 Å². The molecule has 13 heteroatoms. The van der Waals surface area contributed by atoms with E-state index in [-0.39, 0.29) is 48.7 Å². The zero-order valence-electron chi connectivity index (χ0n) is 27.1. The molecular weight excluding hydrogens is 625 g/mol. The average Bonchev–Trinajstić information content (AvgIpc) is 3.48. The van der Waals surface area contributed by atoms with E-state index in [4.69, 9.17) is 0 Å². The zero-order chi connectivity index (χ0) is 34.7. The Morgan fingerprint density at radius 2 is 1.85 bits per heavy atom. The number of hydrogen-bond donors (Lipinski definition) is 3. The van der Waals surface area contributed by atoms with Crippen molar-refractivity contribution in [3.8, 4) is 6.07 Å². The highest BCUT2D eigenvalue weighted by Gasteiger charge is 2.57. The van der Waals surface area contributed by atoms with Gasteiger partial charge < -0.3 is 25.4 Å². The molecule has 6 rings (SSSR count). The van der Waals surface area contributed by atoms with E-state index in [1.807, 2.05) is 26.8 Å². The second-order valence-corrected chi connectivity index (χ2v) is 14.5. The van der Waals surface area contributed by atoms with Gasteiger partial charge in [0.1, 0.15) is 29.6 Å². The van der Waals surface area contributed by atoms with Gasteiger partial charge in [-0.05, 0) is 41.9 Å². The van der Waals surface area contributed by atoms with Crippen LogP contribution in [0.3, 0.4) is 0 Å². The summed E-state index contributed by atoms with van der Waals surface area (Å²) in [6, 6.07) is 7.78. The van der Waals surface area contributed by atoms with E-state index < -0.39 is 69.6 Å². The molecule has 4 amide bonds. The van der Waals surface area contributed by atoms with Crippen molar-refractivity contribution >= 4 is 40.2 Å². The first-order valence-corrected chi connectivity index (χ1v) is 16.0. The average molecular weight is 663 g/mol. The summed E-state index contributed by atoms with van der Waals surface area (Å²) in [6.45, 7) is 5.71. The van der Waals surface area contributed by atoms with Crippen LogP contribution < -0.4 is 10.6 Å². The number of H-pyrrole nitrogens is 1. The number of nitrogens with zero attached hydrogens (tertiary/aromatic N) is 3. The van der Waals surface area contributed by atoms with Crippen LogP contribution in [0, 0.1) is 40.1 Å². The summed E-state index contributed by atoms with van der Waals surface area (Å²) in [6.07, 6.45) is 2.29. The van der Waals surface area contributed by atoms with Gasteiger partial charge in [-0.3, -0.25) is 19.2 Å². The van der Waals surface area contributed by atoms with Gasteiger partial charge in [-0.25, -0.2) is 13.2 Å². The predicted octanol–water partition coefficient (Wildman–Crippen LogP) is 4.76. The maximum absolute atomic E-state index is 14.4. The lowest BCUT2D eigenvalue weighted by molar-refractivity contribution is -0.147. The van der Waals surface area contributed by atoms with Gasteiger partial charge in [0, 0.05) is 37.2 Å². The third kappa shape index (κ3) is 5.88. The predicted molar refractivity (Wildman–Crippen MR) is 170 cm³/mol. The van der Waals surface area contributed by atoms with E-state index in [2.05, 4.69) is 21.7 Å². The maximum atomic E-state index is 14.4. The second-order valence-electron chi connectivity index (χ2n) is 14.5. The molecule has 2 aliphatic heterocycles. The van der Waals surface area contributed by atoms with Gasteiger partial charge in [0.2, 0.25) is 17.7 Å². The Morgan fingerprint density at radius 1 is 1.15 bits per heavy atom. The van der Waals surface area contributed by atoms with Gasteiger partial charge in [-0.1, -0.05) is 51.8 Å². The smallest absolute Gasteiger partial charge is 0.268 e. The summed E-state index contributed by atoms with van der Waals surface area (Å²) in [7, 11) is 1.48. The lowest BCUT2D eigenvalue weighted by Crippen LogP contribution is -2.56. The molecule has 1 aromatic heterocycles. The number of nitrogens with one attached hydrogen (secondary N) is 3. The highest BCUT2D eigenvalue weighted by Crippen LogP contribution is 2.46. The molecule has 252 valence electrons. The van der Waals surface area contributed by atoms with Crippen molar-refractivity contribution in [1.82, 2.24) is 20.1 Å². The van der Waals surface area contributed by atoms with Crippen molar-refractivity contribution in [2.24, 2.45) is 11.3 Å². The van der Waals surface area contributed by atoms with Crippen LogP contribution in [0.15, 0.2) is 36.4 Å². The number of amides is 4. The van der Waals surface area contributed by atoms with Crippen molar-refractivity contribution < 1.29 is 32.3 Å². The van der Waals surface area contributed by atoms with Gasteiger partial charge in [0.25, 0.3) is 5.91 Å². The summed E-state index contributed by atoms with van der Waals surface area (Å²) in [5.74, 6) is -5.80. The molecule has 3 N–H and O–H groups in total. The monoisotopic (exact) mass is 662 g/mol. The van der Waals surface area contributed by atoms with E-state index >= 15 is 0 Å². The van der Waals surface area contributed by atoms with Crippen LogP contribution in [0.25, 0.3) is 10.9 Å². The fourth-order valence-corrected chi connectivity index (χ4v) is 7.00. The number of anilines is 1. The molecule has 2 aromatic carbocycles. The number of hydrogen-bond acceptors (Lipinski definition) is 5. The van der Waals surface area contributed by atoms with Gasteiger partial charge in [-0.15, -0.1) is 0 Å². The summed E-state index contributed by atoms with van der Waals surface area (Å²) in [5.41, 5.74) is -0.975. The Bertz CT molecular complexity index is 1880. The first kappa shape index (κ1) is 33.1. The Morgan fingerprint density at radius 3 is 2.52 bits per heavy atom. The van der Waals surface area contributed by atoms with Gasteiger partial charge in [0.05, 0.1) is 17.0 Å². The van der Waals surface area contributed by atoms with Crippen LogP contribution in [0.5, 0.6) is 0 Å². The Balaban J connectivity index is 1.27. The summed E-state index contributed by atoms with van der Waals surface area (Å²) in [5, 5.41) is 15.4. The van der Waals surface area contributed by atoms with Crippen LogP contribution in [0.4, 0.5) is 18.9 Å². The highest BCUT2D eigenvalue weighted by molar-refractivity contribution is 6.07. The lowest BCUT2D eigenvalue weighted by atomic mass is 9.80. The quantitative estimate of drug-likeness (QED) is 0.299. The van der Waals surface area contributed by atoms with E-state index in [0.717, 1.165) is 18.9 Å². The SMILES string of the molecule is CN(C(=O)C(CC1CC1)NC(=O)c1cc2c(F)cc(F)c(F)c2[nH]1)[C@@H](CC(C)(C)C)C(=O)N1C[C@]2(C[C@H]1C#N)C(=O)Nc1ccccc12. The first-order valence-electron chi connectivity index (χ1n) is 16.0. The summed E-state index contributed by atoms with van der Waals surface area (Å²) >= 11 is 0. The van der Waals surface area contributed by atoms with E-state index in [9.17, 15) is 37.6 Å². The number of aromatic nitrogens is 1. The van der Waals surface area contributed by atoms with Crippen molar-refractivity contribution in [3.63, 3.8) is 0 Å². The highest BCUT2D eigenvalue weighted by atomic mass is 19.2. The molecular formula is C35H37F3N6O4. The van der Waals surface area contributed by atoms with Gasteiger partial charge in [0.15, 0.2) is 11.6 Å². The molecule has 48 heavy (non-hydrogen) atoms. The van der Waals surface area contributed by atoms with E-state index in [1.165, 1.54) is 16.8 Å². The number of likely N-dealkylation sites (tertiary alicyclic amines) is 1. The van der Waals surface area contributed by atoms with Crippen LogP contribution in [-0.4, -0.2) is 70.1 Å². The number of rotatable bonds is 8. The molecule has 4 atom stereocenters. The van der Waals surface area contributed by atoms with E-state index in [0.29, 0.717) is 17.3 Å². The Hall–Kier alpha value is -4.86. The largest absolute Gasteiger partial charge is 0.348 e. The molecule has 10 nitrogen and oxygen atoms in total. The molecule has 1 saturated carbocycles. The van der Waals surface area contributed by atoms with Crippen LogP contribution in [0.1, 0.15) is 68.9 Å². The minimum Gasteiger partial charge on any atom is -0.348 e. The molecule has 3 heterocycles. The Kier molecular flexibility index (Phi) is 8.25. The number of likely N-dealkylation sites (N-methyl/N-ethyl adjacent to an activating group) is 1. The molecule has 1 aliphatic carbocycles. The third-order valence-corrected chi connectivity index (χ3v) is 9.69. The minimum absolute atomic E-state index is 0.0358. The van der Waals surface area contributed by atoms with Gasteiger partial charge >= 0.3 is 0 Å². The third-order valence-electron chi connectivity index (χ3n) is 9.69. The molecule has 3 aliphatic rings. The summed E-state index contributed by atoms with van der Waals surface area (Å²) < 4.78 is 42.5. The molecule has 1 unspecified atom stereocenters. The molecule has 0 bridgehead atoms. The lowest BCUT2D eigenvalue weighted by Gasteiger charge is -2.37. The molecule has 0 radical (unpaired) electrons. The first-order chi connectivity index (χ1) is 22.6. The van der Waals surface area contributed by atoms with E-state index in [1.54, 1.807) is 18.2 Å². The van der Waals surface area contributed by atoms with Crippen LogP contribution in [0.2, 0.25) is 0 Å². The maximum Gasteiger partial charge on any atom is 0.268 e. The summed E-state index contributed by atoms with van der Waals surface area (Å²) in [4.78, 5) is 60.4. The number of aromatic amines is 1. The minimum atomic E-state index is -1.41. The fourth-order valence-electron chi connectivity index (χ4n) is 7.00. The number of carbonyl (C=O) groups excluding carboxylic acids is 4. The molecule has 1 saturated heterocycles. The van der Waals surface area contributed by atoms with Crippen molar-refractivity contribution in [2.45, 2.75) is 76.4 Å². The number of carbonyl (C=O) groups is 4. The fraction of sp³-hybridized carbons (Fsp3) is 0.457. The standard InChI is InChI=1S/C35H37F3N6O4/c1-34(2,3)15-27(32(47)44-17-35(14-19(44)16-39)21-7-5-6-8-24(21)42-33(35)48)43(4)31(46)26(11-18-9-10-18)41-30(45)25-12-20-22(36)13-23(37)28(38)29(20)40-25/h5-8,12-13,18-19,26-27,40H,9-11,14-15,17H2,1-4H3,(H,41,45)(H,42,48)/t19-,26?,27-,35-/m0/s1. The molecule has 2 fully saturated rings. The number of nitriles is 1.